The average Bonchev–Trinajstić information content (AvgIpc) is 3.12. The highest BCUT2D eigenvalue weighted by atomic mass is 16.2. The molecule has 1 aliphatic rings. The lowest BCUT2D eigenvalue weighted by atomic mass is 9.87. The number of nitrogens with one attached hydrogen (secondary N) is 1. The maximum Gasteiger partial charge on any atom is 0.270 e. The molecule has 0 fully saturated rings. The van der Waals surface area contributed by atoms with Crippen molar-refractivity contribution in [1.29, 1.82) is 0 Å². The molecule has 128 valence electrons. The minimum absolute atomic E-state index is 0.00704. The number of benzene rings is 1. The molecule has 0 atom stereocenters. The third-order valence-corrected chi connectivity index (χ3v) is 4.76. The van der Waals surface area contributed by atoms with Crippen LogP contribution < -0.4 is 5.32 Å². The van der Waals surface area contributed by atoms with E-state index in [1.165, 1.54) is 5.56 Å². The lowest BCUT2D eigenvalue weighted by Gasteiger charge is -2.19. The molecule has 1 aromatic heterocycles. The normalized spacial score (nSPS) is 13.8. The zero-order chi connectivity index (χ0) is 17.3. The summed E-state index contributed by atoms with van der Waals surface area (Å²) >= 11 is 0. The van der Waals surface area contributed by atoms with Crippen LogP contribution in [0.4, 0.5) is 0 Å². The van der Waals surface area contributed by atoms with Gasteiger partial charge < -0.3 is 5.32 Å². The minimum atomic E-state index is -0.00704. The topological polar surface area (TPSA) is 46.9 Å². The van der Waals surface area contributed by atoms with Crippen LogP contribution in [0.2, 0.25) is 0 Å². The zero-order valence-electron chi connectivity index (χ0n) is 15.1. The SMILES string of the molecule is CCn1nc2c(c1C(=O)NCc1ccc(C(C)(C)C)cc1)CCC2. The molecule has 1 amide bonds. The van der Waals surface area contributed by atoms with Crippen LogP contribution in [0.25, 0.3) is 0 Å². The molecule has 1 heterocycles. The van der Waals surface area contributed by atoms with Gasteiger partial charge in [-0.2, -0.15) is 5.10 Å². The minimum Gasteiger partial charge on any atom is -0.347 e. The van der Waals surface area contributed by atoms with Crippen LogP contribution >= 0.6 is 0 Å². The number of nitrogens with zero attached hydrogens (tertiary/aromatic N) is 2. The van der Waals surface area contributed by atoms with Gasteiger partial charge in [-0.15, -0.1) is 0 Å². The number of carbonyl (C=O) groups is 1. The Bertz CT molecular complexity index is 735. The van der Waals surface area contributed by atoms with Gasteiger partial charge in [-0.1, -0.05) is 45.0 Å². The molecule has 3 rings (SSSR count). The molecule has 1 aromatic carbocycles. The Balaban J connectivity index is 1.70. The summed E-state index contributed by atoms with van der Waals surface area (Å²) in [7, 11) is 0. The van der Waals surface area contributed by atoms with E-state index in [-0.39, 0.29) is 11.3 Å². The monoisotopic (exact) mass is 325 g/mol. The first kappa shape index (κ1) is 16.7. The molecule has 0 spiro atoms. The van der Waals surface area contributed by atoms with Crippen molar-refractivity contribution < 1.29 is 4.79 Å². The molecule has 1 aliphatic carbocycles. The van der Waals surface area contributed by atoms with E-state index in [4.69, 9.17) is 0 Å². The van der Waals surface area contributed by atoms with Gasteiger partial charge in [-0.3, -0.25) is 9.48 Å². The number of aromatic nitrogens is 2. The fraction of sp³-hybridized carbons (Fsp3) is 0.500. The fourth-order valence-corrected chi connectivity index (χ4v) is 3.32. The number of hydrogen-bond donors (Lipinski definition) is 1. The summed E-state index contributed by atoms with van der Waals surface area (Å²) in [6.45, 7) is 9.93. The molecule has 0 unspecified atom stereocenters. The molecule has 0 radical (unpaired) electrons. The van der Waals surface area contributed by atoms with Gasteiger partial charge in [0.2, 0.25) is 0 Å². The summed E-state index contributed by atoms with van der Waals surface area (Å²) in [6, 6.07) is 8.50. The Morgan fingerprint density at radius 3 is 2.54 bits per heavy atom. The van der Waals surface area contributed by atoms with Crippen molar-refractivity contribution in [3.8, 4) is 0 Å². The number of aryl methyl sites for hydroxylation is 2. The standard InChI is InChI=1S/C20H27N3O/c1-5-23-18(16-7-6-8-17(16)22-23)19(24)21-13-14-9-11-15(12-10-14)20(2,3)4/h9-12H,5-8,13H2,1-4H3,(H,21,24). The molecular formula is C20H27N3O. The summed E-state index contributed by atoms with van der Waals surface area (Å²) in [5.41, 5.74) is 5.59. The van der Waals surface area contributed by atoms with Gasteiger partial charge in [0.25, 0.3) is 5.91 Å². The number of amides is 1. The first-order valence-corrected chi connectivity index (χ1v) is 8.86. The molecule has 0 bridgehead atoms. The predicted molar refractivity (Wildman–Crippen MR) is 96.2 cm³/mol. The number of rotatable bonds is 4. The molecule has 4 heteroatoms. The maximum atomic E-state index is 12.7. The van der Waals surface area contributed by atoms with Crippen molar-refractivity contribution in [1.82, 2.24) is 15.1 Å². The molecule has 0 aliphatic heterocycles. The van der Waals surface area contributed by atoms with Crippen molar-refractivity contribution in [2.75, 3.05) is 0 Å². The van der Waals surface area contributed by atoms with Crippen molar-refractivity contribution >= 4 is 5.91 Å². The van der Waals surface area contributed by atoms with E-state index in [0.29, 0.717) is 6.54 Å². The fourth-order valence-electron chi connectivity index (χ4n) is 3.32. The largest absolute Gasteiger partial charge is 0.347 e. The van der Waals surface area contributed by atoms with E-state index in [0.717, 1.165) is 48.3 Å². The molecular weight excluding hydrogens is 298 g/mol. The smallest absolute Gasteiger partial charge is 0.270 e. The van der Waals surface area contributed by atoms with Crippen LogP contribution in [-0.2, 0) is 31.3 Å². The lowest BCUT2D eigenvalue weighted by molar-refractivity contribution is 0.0939. The number of hydrogen-bond acceptors (Lipinski definition) is 2. The quantitative estimate of drug-likeness (QED) is 0.933. The van der Waals surface area contributed by atoms with Crippen LogP contribution in [0.15, 0.2) is 24.3 Å². The molecule has 24 heavy (non-hydrogen) atoms. The average molecular weight is 325 g/mol. The van der Waals surface area contributed by atoms with Gasteiger partial charge in [0, 0.05) is 18.7 Å². The highest BCUT2D eigenvalue weighted by molar-refractivity contribution is 5.94. The second-order valence-electron chi connectivity index (χ2n) is 7.57. The Morgan fingerprint density at radius 2 is 1.92 bits per heavy atom. The van der Waals surface area contributed by atoms with Gasteiger partial charge in [-0.05, 0) is 42.7 Å². The van der Waals surface area contributed by atoms with Gasteiger partial charge in [0.15, 0.2) is 0 Å². The Hall–Kier alpha value is -2.10. The lowest BCUT2D eigenvalue weighted by Crippen LogP contribution is -2.26. The Kier molecular flexibility index (Phi) is 4.48. The third-order valence-electron chi connectivity index (χ3n) is 4.76. The van der Waals surface area contributed by atoms with E-state index in [2.05, 4.69) is 55.5 Å². The highest BCUT2D eigenvalue weighted by Gasteiger charge is 2.25. The Morgan fingerprint density at radius 1 is 1.21 bits per heavy atom. The third kappa shape index (κ3) is 3.23. The first-order valence-electron chi connectivity index (χ1n) is 8.86. The van der Waals surface area contributed by atoms with Gasteiger partial charge in [0.1, 0.15) is 5.69 Å². The van der Waals surface area contributed by atoms with Gasteiger partial charge in [-0.25, -0.2) is 0 Å². The zero-order valence-corrected chi connectivity index (χ0v) is 15.1. The highest BCUT2D eigenvalue weighted by Crippen LogP contribution is 2.25. The van der Waals surface area contributed by atoms with Crippen LogP contribution in [0.5, 0.6) is 0 Å². The molecule has 4 nitrogen and oxygen atoms in total. The van der Waals surface area contributed by atoms with Crippen LogP contribution in [0, 0.1) is 0 Å². The van der Waals surface area contributed by atoms with Gasteiger partial charge in [0.05, 0.1) is 5.69 Å². The molecule has 0 saturated heterocycles. The van der Waals surface area contributed by atoms with Gasteiger partial charge >= 0.3 is 0 Å². The maximum absolute atomic E-state index is 12.7. The van der Waals surface area contributed by atoms with E-state index >= 15 is 0 Å². The summed E-state index contributed by atoms with van der Waals surface area (Å²) in [5.74, 6) is -0.00704. The van der Waals surface area contributed by atoms with Crippen LogP contribution in [-0.4, -0.2) is 15.7 Å². The second-order valence-corrected chi connectivity index (χ2v) is 7.57. The van der Waals surface area contributed by atoms with Crippen LogP contribution in [0.3, 0.4) is 0 Å². The van der Waals surface area contributed by atoms with Crippen LogP contribution in [0.1, 0.15) is 67.0 Å². The summed E-state index contributed by atoms with van der Waals surface area (Å²) < 4.78 is 1.85. The number of carbonyl (C=O) groups excluding carboxylic acids is 1. The van der Waals surface area contributed by atoms with E-state index < -0.39 is 0 Å². The van der Waals surface area contributed by atoms with E-state index in [9.17, 15) is 4.79 Å². The molecule has 1 N–H and O–H groups in total. The van der Waals surface area contributed by atoms with E-state index in [1.54, 1.807) is 0 Å². The molecule has 2 aromatic rings. The first-order chi connectivity index (χ1) is 11.4. The second kappa shape index (κ2) is 6.42. The number of fused-ring (bicyclic) bond motifs is 1. The molecule has 0 saturated carbocycles. The predicted octanol–water partition coefficient (Wildman–Crippen LogP) is 3.62. The summed E-state index contributed by atoms with van der Waals surface area (Å²) in [5, 5.41) is 7.64. The summed E-state index contributed by atoms with van der Waals surface area (Å²) in [4.78, 5) is 12.7. The summed E-state index contributed by atoms with van der Waals surface area (Å²) in [6.07, 6.45) is 3.08. The Labute approximate surface area is 144 Å². The van der Waals surface area contributed by atoms with Crippen molar-refractivity contribution in [3.05, 3.63) is 52.3 Å². The van der Waals surface area contributed by atoms with E-state index in [1.807, 2.05) is 11.6 Å². The van der Waals surface area contributed by atoms with Crippen molar-refractivity contribution in [2.45, 2.75) is 65.5 Å². The van der Waals surface area contributed by atoms with Crippen molar-refractivity contribution in [2.24, 2.45) is 0 Å². The van der Waals surface area contributed by atoms with Crippen molar-refractivity contribution in [3.63, 3.8) is 0 Å².